The minimum Gasteiger partial charge on any atom is -0.353 e. The summed E-state index contributed by atoms with van der Waals surface area (Å²) >= 11 is 0. The molecule has 1 aliphatic heterocycles. The average molecular weight is 199 g/mol. The lowest BCUT2D eigenvalue weighted by Crippen LogP contribution is -2.74. The van der Waals surface area contributed by atoms with Crippen LogP contribution in [0.5, 0.6) is 0 Å². The molecule has 82 valence electrons. The van der Waals surface area contributed by atoms with Gasteiger partial charge in [0.15, 0.2) is 5.79 Å². The van der Waals surface area contributed by atoms with Crippen LogP contribution in [-0.2, 0) is 9.47 Å². The highest BCUT2D eigenvalue weighted by atomic mass is 16.7. The molecule has 1 atom stereocenters. The van der Waals surface area contributed by atoms with Crippen molar-refractivity contribution >= 4 is 0 Å². The molecule has 0 aromatic heterocycles. The van der Waals surface area contributed by atoms with E-state index in [0.717, 1.165) is 19.4 Å². The highest BCUT2D eigenvalue weighted by Crippen LogP contribution is 2.57. The van der Waals surface area contributed by atoms with Gasteiger partial charge in [-0.1, -0.05) is 13.8 Å². The Morgan fingerprint density at radius 2 is 1.79 bits per heavy atom. The topological polar surface area (TPSA) is 30.5 Å². The predicted octanol–water partition coefficient (Wildman–Crippen LogP) is 1.38. The molecule has 0 radical (unpaired) electrons. The Morgan fingerprint density at radius 3 is 2.07 bits per heavy atom. The van der Waals surface area contributed by atoms with E-state index in [1.165, 1.54) is 0 Å². The number of hydrogen-bond donors (Lipinski definition) is 1. The average Bonchev–Trinajstić information content (AvgIpc) is 2.01. The molecule has 0 bridgehead atoms. The molecule has 2 rings (SSSR count). The minimum atomic E-state index is -0.282. The second-order valence-corrected chi connectivity index (χ2v) is 5.14. The van der Waals surface area contributed by atoms with Gasteiger partial charge >= 0.3 is 0 Å². The van der Waals surface area contributed by atoms with Crippen LogP contribution in [0, 0.1) is 11.3 Å². The van der Waals surface area contributed by atoms with Gasteiger partial charge in [-0.25, -0.2) is 0 Å². The molecule has 2 aliphatic rings. The van der Waals surface area contributed by atoms with Crippen molar-refractivity contribution in [2.75, 3.05) is 20.8 Å². The summed E-state index contributed by atoms with van der Waals surface area (Å²) in [5.41, 5.74) is 0.459. The Hall–Kier alpha value is -0.120. The molecule has 3 nitrogen and oxygen atoms in total. The van der Waals surface area contributed by atoms with E-state index in [0.29, 0.717) is 17.4 Å². The standard InChI is InChI=1S/C11H21NO2/c1-8(2)9-10(7-12-9)5-11(6-10,13-3)14-4/h8-9,12H,5-7H2,1-4H3/t9-/m1/s1. The predicted molar refractivity (Wildman–Crippen MR) is 55.0 cm³/mol. The van der Waals surface area contributed by atoms with Crippen molar-refractivity contribution in [3.63, 3.8) is 0 Å². The summed E-state index contributed by atoms with van der Waals surface area (Å²) in [6, 6.07) is 0.654. The van der Waals surface area contributed by atoms with Crippen LogP contribution in [0.25, 0.3) is 0 Å². The zero-order valence-corrected chi connectivity index (χ0v) is 9.59. The first-order chi connectivity index (χ1) is 6.57. The molecule has 1 heterocycles. The highest BCUT2D eigenvalue weighted by Gasteiger charge is 2.63. The van der Waals surface area contributed by atoms with Gasteiger partial charge < -0.3 is 14.8 Å². The van der Waals surface area contributed by atoms with Crippen molar-refractivity contribution in [1.82, 2.24) is 5.32 Å². The number of methoxy groups -OCH3 is 2. The molecule has 3 heteroatoms. The summed E-state index contributed by atoms with van der Waals surface area (Å²) in [5.74, 6) is 0.422. The Kier molecular flexibility index (Phi) is 2.37. The molecule has 1 spiro atoms. The van der Waals surface area contributed by atoms with Crippen LogP contribution in [0.15, 0.2) is 0 Å². The Bertz CT molecular complexity index is 215. The van der Waals surface area contributed by atoms with Crippen molar-refractivity contribution in [1.29, 1.82) is 0 Å². The van der Waals surface area contributed by atoms with Crippen LogP contribution in [0.3, 0.4) is 0 Å². The Balaban J connectivity index is 1.98. The van der Waals surface area contributed by atoms with Crippen LogP contribution < -0.4 is 5.32 Å². The second kappa shape index (κ2) is 3.19. The van der Waals surface area contributed by atoms with E-state index in [-0.39, 0.29) is 5.79 Å². The Morgan fingerprint density at radius 1 is 1.21 bits per heavy atom. The third-order valence-electron chi connectivity index (χ3n) is 3.99. The van der Waals surface area contributed by atoms with Gasteiger partial charge in [-0.05, 0) is 5.92 Å². The lowest BCUT2D eigenvalue weighted by atomic mass is 9.54. The summed E-state index contributed by atoms with van der Waals surface area (Å²) in [7, 11) is 3.49. The van der Waals surface area contributed by atoms with Crippen LogP contribution in [0.1, 0.15) is 26.7 Å². The zero-order valence-electron chi connectivity index (χ0n) is 9.59. The van der Waals surface area contributed by atoms with Crippen molar-refractivity contribution in [2.45, 2.75) is 38.5 Å². The smallest absolute Gasteiger partial charge is 0.168 e. The summed E-state index contributed by atoms with van der Waals surface area (Å²) in [6.07, 6.45) is 2.09. The highest BCUT2D eigenvalue weighted by molar-refractivity contribution is 5.14. The maximum absolute atomic E-state index is 5.43. The van der Waals surface area contributed by atoms with Crippen LogP contribution in [0.4, 0.5) is 0 Å². The third-order valence-corrected chi connectivity index (χ3v) is 3.99. The van der Waals surface area contributed by atoms with Gasteiger partial charge in [0.25, 0.3) is 0 Å². The first kappa shape index (κ1) is 10.4. The van der Waals surface area contributed by atoms with E-state index >= 15 is 0 Å². The molecule has 0 aromatic carbocycles. The summed E-state index contributed by atoms with van der Waals surface area (Å²) in [6.45, 7) is 5.68. The summed E-state index contributed by atoms with van der Waals surface area (Å²) < 4.78 is 10.9. The Labute approximate surface area is 86.2 Å². The molecule has 1 saturated heterocycles. The normalized spacial score (nSPS) is 32.8. The molecule has 2 fully saturated rings. The van der Waals surface area contributed by atoms with E-state index < -0.39 is 0 Å². The number of hydrogen-bond acceptors (Lipinski definition) is 3. The first-order valence-corrected chi connectivity index (χ1v) is 5.41. The maximum Gasteiger partial charge on any atom is 0.168 e. The molecule has 1 N–H and O–H groups in total. The zero-order chi connectivity index (χ0) is 10.4. The summed E-state index contributed by atoms with van der Waals surface area (Å²) in [5, 5.41) is 3.51. The number of ether oxygens (including phenoxy) is 2. The largest absolute Gasteiger partial charge is 0.353 e. The monoisotopic (exact) mass is 199 g/mol. The third kappa shape index (κ3) is 1.23. The number of nitrogens with one attached hydrogen (secondary N) is 1. The molecule has 0 aromatic rings. The molecular formula is C11H21NO2. The SMILES string of the molecule is COC1(OC)CC2(CN[C@@H]2C(C)C)C1. The molecule has 1 aliphatic carbocycles. The fourth-order valence-electron chi connectivity index (χ4n) is 3.19. The van der Waals surface area contributed by atoms with Gasteiger partial charge in [0.2, 0.25) is 0 Å². The number of rotatable bonds is 3. The maximum atomic E-state index is 5.43. The van der Waals surface area contributed by atoms with Gasteiger partial charge in [0.1, 0.15) is 0 Å². The van der Waals surface area contributed by atoms with E-state index in [4.69, 9.17) is 9.47 Å². The molecule has 0 unspecified atom stereocenters. The fraction of sp³-hybridized carbons (Fsp3) is 1.00. The quantitative estimate of drug-likeness (QED) is 0.697. The van der Waals surface area contributed by atoms with E-state index in [9.17, 15) is 0 Å². The lowest BCUT2D eigenvalue weighted by Gasteiger charge is -2.64. The van der Waals surface area contributed by atoms with E-state index in [1.807, 2.05) is 0 Å². The molecule has 0 amide bonds. The van der Waals surface area contributed by atoms with Crippen LogP contribution in [0.2, 0.25) is 0 Å². The van der Waals surface area contributed by atoms with Crippen molar-refractivity contribution < 1.29 is 9.47 Å². The minimum absolute atomic E-state index is 0.282. The van der Waals surface area contributed by atoms with Crippen LogP contribution in [-0.4, -0.2) is 32.6 Å². The second-order valence-electron chi connectivity index (χ2n) is 5.14. The fourth-order valence-corrected chi connectivity index (χ4v) is 3.19. The van der Waals surface area contributed by atoms with Crippen molar-refractivity contribution in [2.24, 2.45) is 11.3 Å². The van der Waals surface area contributed by atoms with Gasteiger partial charge in [0, 0.05) is 45.1 Å². The lowest BCUT2D eigenvalue weighted by molar-refractivity contribution is -0.317. The van der Waals surface area contributed by atoms with Crippen molar-refractivity contribution in [3.8, 4) is 0 Å². The molecular weight excluding hydrogens is 178 g/mol. The van der Waals surface area contributed by atoms with Gasteiger partial charge in [0.05, 0.1) is 0 Å². The van der Waals surface area contributed by atoms with Gasteiger partial charge in [-0.3, -0.25) is 0 Å². The van der Waals surface area contributed by atoms with Crippen molar-refractivity contribution in [3.05, 3.63) is 0 Å². The van der Waals surface area contributed by atoms with E-state index in [1.54, 1.807) is 14.2 Å². The summed E-state index contributed by atoms with van der Waals surface area (Å²) in [4.78, 5) is 0. The molecule has 14 heavy (non-hydrogen) atoms. The molecule has 1 saturated carbocycles. The van der Waals surface area contributed by atoms with E-state index in [2.05, 4.69) is 19.2 Å². The van der Waals surface area contributed by atoms with Crippen LogP contribution >= 0.6 is 0 Å². The van der Waals surface area contributed by atoms with Gasteiger partial charge in [-0.15, -0.1) is 0 Å². The first-order valence-electron chi connectivity index (χ1n) is 5.41. The van der Waals surface area contributed by atoms with Gasteiger partial charge in [-0.2, -0.15) is 0 Å².